The molecule has 1 fully saturated rings. The van der Waals surface area contributed by atoms with E-state index in [9.17, 15) is 4.79 Å². The summed E-state index contributed by atoms with van der Waals surface area (Å²) in [5.74, 6) is 1.07. The number of ether oxygens (including phenoxy) is 1. The molecule has 0 aromatic heterocycles. The van der Waals surface area contributed by atoms with Crippen molar-refractivity contribution in [1.82, 2.24) is 5.32 Å². The summed E-state index contributed by atoms with van der Waals surface area (Å²) in [4.78, 5) is 11.0. The highest BCUT2D eigenvalue weighted by molar-refractivity contribution is 8.00. The fraction of sp³-hybridized carbons (Fsp3) is 0.900. The Hall–Kier alpha value is -0.220. The van der Waals surface area contributed by atoms with E-state index < -0.39 is 0 Å². The molecule has 1 saturated heterocycles. The summed E-state index contributed by atoms with van der Waals surface area (Å²) in [5.41, 5.74) is 0. The van der Waals surface area contributed by atoms with Gasteiger partial charge in [0.15, 0.2) is 0 Å². The maximum absolute atomic E-state index is 11.0. The molecular formula is C10H19NO2S. The first-order valence-corrected chi connectivity index (χ1v) is 6.28. The van der Waals surface area contributed by atoms with Crippen molar-refractivity contribution >= 4 is 17.7 Å². The zero-order valence-corrected chi connectivity index (χ0v) is 9.73. The van der Waals surface area contributed by atoms with Crippen molar-refractivity contribution in [3.8, 4) is 0 Å². The third-order valence-electron chi connectivity index (χ3n) is 2.27. The third-order valence-corrected chi connectivity index (χ3v) is 3.62. The molecule has 3 nitrogen and oxygen atoms in total. The summed E-state index contributed by atoms with van der Waals surface area (Å²) < 4.78 is 4.84. The normalized spacial score (nSPS) is 26.4. The molecule has 1 N–H and O–H groups in total. The van der Waals surface area contributed by atoms with Crippen LogP contribution in [-0.4, -0.2) is 36.2 Å². The van der Waals surface area contributed by atoms with E-state index in [4.69, 9.17) is 4.74 Å². The summed E-state index contributed by atoms with van der Waals surface area (Å²) >= 11 is 2.00. The number of carbonyl (C=O) groups excluding carboxylic acids is 1. The van der Waals surface area contributed by atoms with E-state index in [1.54, 1.807) is 0 Å². The van der Waals surface area contributed by atoms with Gasteiger partial charge >= 0.3 is 5.97 Å². The smallest absolute Gasteiger partial charge is 0.307 e. The van der Waals surface area contributed by atoms with Crippen molar-refractivity contribution in [1.29, 1.82) is 0 Å². The van der Waals surface area contributed by atoms with Crippen molar-refractivity contribution in [2.45, 2.75) is 38.0 Å². The van der Waals surface area contributed by atoms with E-state index in [0.29, 0.717) is 19.1 Å². The van der Waals surface area contributed by atoms with Crippen molar-refractivity contribution in [3.63, 3.8) is 0 Å². The molecule has 1 rings (SSSR count). The predicted octanol–water partition coefficient (Wildman–Crippen LogP) is 1.42. The summed E-state index contributed by atoms with van der Waals surface area (Å²) in [7, 11) is 0. The SMILES string of the molecule is CCOC(=O)CCNC1CSC(C)C1. The Bertz CT molecular complexity index is 187. The van der Waals surface area contributed by atoms with Crippen LogP contribution in [0.2, 0.25) is 0 Å². The van der Waals surface area contributed by atoms with Crippen LogP contribution in [0.3, 0.4) is 0 Å². The van der Waals surface area contributed by atoms with Gasteiger partial charge < -0.3 is 10.1 Å². The Balaban J connectivity index is 2.01. The van der Waals surface area contributed by atoms with E-state index >= 15 is 0 Å². The third kappa shape index (κ3) is 4.33. The van der Waals surface area contributed by atoms with Gasteiger partial charge in [-0.05, 0) is 13.3 Å². The summed E-state index contributed by atoms with van der Waals surface area (Å²) in [6.45, 7) is 5.31. The molecular weight excluding hydrogens is 198 g/mol. The standard InChI is InChI=1S/C10H19NO2S/c1-3-13-10(12)4-5-11-9-6-8(2)14-7-9/h8-9,11H,3-7H2,1-2H3. The Kier molecular flexibility index (Phi) is 5.33. The number of rotatable bonds is 5. The van der Waals surface area contributed by atoms with Gasteiger partial charge in [0.2, 0.25) is 0 Å². The Morgan fingerprint density at radius 2 is 2.43 bits per heavy atom. The monoisotopic (exact) mass is 217 g/mol. The van der Waals surface area contributed by atoms with Gasteiger partial charge in [0, 0.05) is 23.6 Å². The fourth-order valence-corrected chi connectivity index (χ4v) is 2.75. The van der Waals surface area contributed by atoms with Gasteiger partial charge in [0.25, 0.3) is 0 Å². The van der Waals surface area contributed by atoms with Crippen LogP contribution < -0.4 is 5.32 Å². The van der Waals surface area contributed by atoms with Crippen molar-refractivity contribution in [2.75, 3.05) is 18.9 Å². The second-order valence-corrected chi connectivity index (χ2v) is 5.06. The highest BCUT2D eigenvalue weighted by Crippen LogP contribution is 2.25. The minimum Gasteiger partial charge on any atom is -0.466 e. The van der Waals surface area contributed by atoms with Crippen LogP contribution in [-0.2, 0) is 9.53 Å². The molecule has 2 atom stereocenters. The van der Waals surface area contributed by atoms with E-state index in [-0.39, 0.29) is 5.97 Å². The first-order chi connectivity index (χ1) is 6.72. The zero-order chi connectivity index (χ0) is 10.4. The van der Waals surface area contributed by atoms with Crippen LogP contribution in [0, 0.1) is 0 Å². The van der Waals surface area contributed by atoms with E-state index in [1.807, 2.05) is 18.7 Å². The van der Waals surface area contributed by atoms with Gasteiger partial charge in [-0.25, -0.2) is 0 Å². The molecule has 82 valence electrons. The molecule has 2 unspecified atom stereocenters. The predicted molar refractivity (Wildman–Crippen MR) is 59.6 cm³/mol. The quantitative estimate of drug-likeness (QED) is 0.707. The highest BCUT2D eigenvalue weighted by Gasteiger charge is 2.21. The van der Waals surface area contributed by atoms with Crippen LogP contribution in [0.15, 0.2) is 0 Å². The topological polar surface area (TPSA) is 38.3 Å². The van der Waals surface area contributed by atoms with Gasteiger partial charge in [0.05, 0.1) is 13.0 Å². The second-order valence-electron chi connectivity index (χ2n) is 3.59. The van der Waals surface area contributed by atoms with Gasteiger partial charge in [0.1, 0.15) is 0 Å². The number of esters is 1. The number of carbonyl (C=O) groups is 1. The highest BCUT2D eigenvalue weighted by atomic mass is 32.2. The van der Waals surface area contributed by atoms with Gasteiger partial charge in [-0.3, -0.25) is 4.79 Å². The maximum Gasteiger partial charge on any atom is 0.307 e. The molecule has 14 heavy (non-hydrogen) atoms. The van der Waals surface area contributed by atoms with Crippen LogP contribution in [0.25, 0.3) is 0 Å². The molecule has 0 aromatic carbocycles. The van der Waals surface area contributed by atoms with Crippen LogP contribution in [0.1, 0.15) is 26.7 Å². The lowest BCUT2D eigenvalue weighted by atomic mass is 10.2. The summed E-state index contributed by atoms with van der Waals surface area (Å²) in [6.07, 6.45) is 1.71. The molecule has 0 saturated carbocycles. The Morgan fingerprint density at radius 1 is 1.64 bits per heavy atom. The average Bonchev–Trinajstić information content (AvgIpc) is 2.52. The number of hydrogen-bond donors (Lipinski definition) is 1. The van der Waals surface area contributed by atoms with E-state index in [2.05, 4.69) is 12.2 Å². The molecule has 0 aliphatic carbocycles. The number of thioether (sulfide) groups is 1. The fourth-order valence-electron chi connectivity index (χ4n) is 1.57. The molecule has 1 heterocycles. The van der Waals surface area contributed by atoms with Crippen LogP contribution in [0.4, 0.5) is 0 Å². The van der Waals surface area contributed by atoms with E-state index in [0.717, 1.165) is 11.8 Å². The average molecular weight is 217 g/mol. The number of nitrogens with one attached hydrogen (secondary N) is 1. The molecule has 0 radical (unpaired) electrons. The van der Waals surface area contributed by atoms with Crippen LogP contribution >= 0.6 is 11.8 Å². The summed E-state index contributed by atoms with van der Waals surface area (Å²) in [6, 6.07) is 0.587. The molecule has 0 bridgehead atoms. The molecule has 0 amide bonds. The molecule has 4 heteroatoms. The lowest BCUT2D eigenvalue weighted by molar-refractivity contribution is -0.142. The first-order valence-electron chi connectivity index (χ1n) is 5.23. The molecule has 0 aromatic rings. The first kappa shape index (κ1) is 11.9. The Labute approximate surface area is 90.0 Å². The molecule has 1 aliphatic heterocycles. The summed E-state index contributed by atoms with van der Waals surface area (Å²) in [5, 5.41) is 4.14. The largest absolute Gasteiger partial charge is 0.466 e. The lowest BCUT2D eigenvalue weighted by Crippen LogP contribution is -2.31. The van der Waals surface area contributed by atoms with Crippen molar-refractivity contribution in [3.05, 3.63) is 0 Å². The minimum atomic E-state index is -0.0984. The lowest BCUT2D eigenvalue weighted by Gasteiger charge is -2.10. The van der Waals surface area contributed by atoms with Gasteiger partial charge in [-0.2, -0.15) is 11.8 Å². The van der Waals surface area contributed by atoms with Crippen LogP contribution in [0.5, 0.6) is 0 Å². The van der Waals surface area contributed by atoms with E-state index in [1.165, 1.54) is 12.2 Å². The number of hydrogen-bond acceptors (Lipinski definition) is 4. The van der Waals surface area contributed by atoms with Gasteiger partial charge in [-0.15, -0.1) is 0 Å². The zero-order valence-electron chi connectivity index (χ0n) is 8.91. The van der Waals surface area contributed by atoms with Crippen molar-refractivity contribution in [2.24, 2.45) is 0 Å². The van der Waals surface area contributed by atoms with Crippen molar-refractivity contribution < 1.29 is 9.53 Å². The molecule has 0 spiro atoms. The molecule has 1 aliphatic rings. The minimum absolute atomic E-state index is 0.0984. The Morgan fingerprint density at radius 3 is 3.00 bits per heavy atom. The maximum atomic E-state index is 11.0. The van der Waals surface area contributed by atoms with Gasteiger partial charge in [-0.1, -0.05) is 6.92 Å². The second kappa shape index (κ2) is 6.30.